The first-order valence-corrected chi connectivity index (χ1v) is 8.62. The second-order valence-electron chi connectivity index (χ2n) is 4.59. The Morgan fingerprint density at radius 3 is 2.80 bits per heavy atom. The van der Waals surface area contributed by atoms with Crippen LogP contribution < -0.4 is 0 Å². The van der Waals surface area contributed by atoms with E-state index in [1.54, 1.807) is 12.1 Å². The lowest BCUT2D eigenvalue weighted by Crippen LogP contribution is -2.42. The molecule has 0 aliphatic carbocycles. The van der Waals surface area contributed by atoms with E-state index in [1.807, 2.05) is 0 Å². The van der Waals surface area contributed by atoms with Crippen molar-refractivity contribution in [1.29, 1.82) is 0 Å². The van der Waals surface area contributed by atoms with Gasteiger partial charge in [0.25, 0.3) is 0 Å². The van der Waals surface area contributed by atoms with Crippen LogP contribution >= 0.6 is 27.5 Å². The van der Waals surface area contributed by atoms with Crippen LogP contribution in [-0.2, 0) is 14.8 Å². The second-order valence-corrected chi connectivity index (χ2v) is 7.73. The smallest absolute Gasteiger partial charge is 0.307 e. The van der Waals surface area contributed by atoms with E-state index in [-0.39, 0.29) is 16.5 Å². The number of aliphatic carboxylic acids is 1. The molecule has 8 heteroatoms. The van der Waals surface area contributed by atoms with Crippen LogP contribution in [0.2, 0.25) is 5.02 Å². The summed E-state index contributed by atoms with van der Waals surface area (Å²) in [5.74, 6) is -1.63. The third kappa shape index (κ3) is 3.00. The zero-order chi connectivity index (χ0) is 14.9. The van der Waals surface area contributed by atoms with Gasteiger partial charge in [-0.05, 0) is 40.9 Å². The maximum absolute atomic E-state index is 12.6. The molecule has 0 radical (unpaired) electrons. The lowest BCUT2D eigenvalue weighted by Gasteiger charge is -2.30. The number of piperidine rings is 1. The number of hydrogen-bond donors (Lipinski definition) is 1. The minimum Gasteiger partial charge on any atom is -0.481 e. The summed E-state index contributed by atoms with van der Waals surface area (Å²) in [4.78, 5) is 11.0. The Labute approximate surface area is 130 Å². The predicted molar refractivity (Wildman–Crippen MR) is 78.3 cm³/mol. The van der Waals surface area contributed by atoms with E-state index in [4.69, 9.17) is 16.7 Å². The van der Waals surface area contributed by atoms with Crippen molar-refractivity contribution >= 4 is 43.5 Å². The van der Waals surface area contributed by atoms with Crippen molar-refractivity contribution in [3.05, 3.63) is 27.7 Å². The Morgan fingerprint density at radius 2 is 2.15 bits per heavy atom. The molecule has 0 aromatic heterocycles. The first-order valence-electron chi connectivity index (χ1n) is 6.01. The maximum atomic E-state index is 12.6. The average Bonchev–Trinajstić information content (AvgIpc) is 2.41. The van der Waals surface area contributed by atoms with Crippen LogP contribution in [0, 0.1) is 5.92 Å². The van der Waals surface area contributed by atoms with Crippen molar-refractivity contribution in [3.8, 4) is 0 Å². The normalized spacial score (nSPS) is 20.8. The number of carbonyl (C=O) groups is 1. The van der Waals surface area contributed by atoms with Gasteiger partial charge in [-0.3, -0.25) is 4.79 Å². The zero-order valence-corrected chi connectivity index (χ0v) is 13.6. The highest BCUT2D eigenvalue weighted by atomic mass is 79.9. The Hall–Kier alpha value is -0.630. The van der Waals surface area contributed by atoms with Crippen molar-refractivity contribution < 1.29 is 18.3 Å². The van der Waals surface area contributed by atoms with Gasteiger partial charge in [0, 0.05) is 17.6 Å². The third-order valence-corrected chi connectivity index (χ3v) is 6.58. The molecule has 2 rings (SSSR count). The lowest BCUT2D eigenvalue weighted by molar-refractivity contribution is -0.142. The van der Waals surface area contributed by atoms with Gasteiger partial charge in [-0.2, -0.15) is 4.31 Å². The summed E-state index contributed by atoms with van der Waals surface area (Å²) in [5, 5.41) is 9.15. The van der Waals surface area contributed by atoms with Gasteiger partial charge in [-0.1, -0.05) is 17.7 Å². The van der Waals surface area contributed by atoms with Crippen LogP contribution in [0.15, 0.2) is 27.6 Å². The molecule has 1 N–H and O–H groups in total. The quantitative estimate of drug-likeness (QED) is 0.872. The fourth-order valence-electron chi connectivity index (χ4n) is 2.18. The summed E-state index contributed by atoms with van der Waals surface area (Å²) in [5.41, 5.74) is 0. The van der Waals surface area contributed by atoms with Crippen molar-refractivity contribution in [2.75, 3.05) is 13.1 Å². The molecule has 1 aliphatic heterocycles. The van der Waals surface area contributed by atoms with Gasteiger partial charge in [-0.15, -0.1) is 0 Å². The summed E-state index contributed by atoms with van der Waals surface area (Å²) in [6, 6.07) is 4.66. The van der Waals surface area contributed by atoms with Gasteiger partial charge >= 0.3 is 5.97 Å². The minimum absolute atomic E-state index is 0.000388. The molecule has 0 bridgehead atoms. The number of sulfonamides is 1. The van der Waals surface area contributed by atoms with E-state index in [0.717, 1.165) is 0 Å². The summed E-state index contributed by atoms with van der Waals surface area (Å²) < 4.78 is 26.8. The summed E-state index contributed by atoms with van der Waals surface area (Å²) >= 11 is 9.22. The first kappa shape index (κ1) is 15.8. The molecule has 1 atom stereocenters. The number of carboxylic acid groups (broad SMARTS) is 1. The van der Waals surface area contributed by atoms with Gasteiger partial charge in [0.2, 0.25) is 10.0 Å². The minimum atomic E-state index is -3.77. The summed E-state index contributed by atoms with van der Waals surface area (Å²) in [7, 11) is -3.77. The Morgan fingerprint density at radius 1 is 1.45 bits per heavy atom. The first-order chi connectivity index (χ1) is 9.34. The van der Waals surface area contributed by atoms with Gasteiger partial charge in [0.1, 0.15) is 4.90 Å². The molecule has 20 heavy (non-hydrogen) atoms. The number of carboxylic acids is 1. The molecule has 0 amide bonds. The molecule has 0 saturated carbocycles. The SMILES string of the molecule is O=C(O)C1CCCN(S(=O)(=O)c2cccc(Br)c2Cl)C1. The molecule has 1 aromatic carbocycles. The fraction of sp³-hybridized carbons (Fsp3) is 0.417. The van der Waals surface area contributed by atoms with Crippen LogP contribution in [0.25, 0.3) is 0 Å². The van der Waals surface area contributed by atoms with E-state index >= 15 is 0 Å². The number of rotatable bonds is 3. The van der Waals surface area contributed by atoms with E-state index in [2.05, 4.69) is 15.9 Å². The van der Waals surface area contributed by atoms with Crippen molar-refractivity contribution in [2.24, 2.45) is 5.92 Å². The molecule has 110 valence electrons. The van der Waals surface area contributed by atoms with Gasteiger partial charge in [-0.25, -0.2) is 8.42 Å². The van der Waals surface area contributed by atoms with Gasteiger partial charge in [0.15, 0.2) is 0 Å². The molecule has 1 unspecified atom stereocenters. The molecule has 1 aromatic rings. The van der Waals surface area contributed by atoms with Crippen LogP contribution in [0.1, 0.15) is 12.8 Å². The Kier molecular flexibility index (Phi) is 4.73. The largest absolute Gasteiger partial charge is 0.481 e. The number of benzene rings is 1. The highest BCUT2D eigenvalue weighted by Crippen LogP contribution is 2.32. The predicted octanol–water partition coefficient (Wildman–Crippen LogP) is 2.59. The third-order valence-electron chi connectivity index (χ3n) is 3.27. The number of hydrogen-bond acceptors (Lipinski definition) is 3. The van der Waals surface area contributed by atoms with Crippen LogP contribution in [0.3, 0.4) is 0 Å². The van der Waals surface area contributed by atoms with Crippen molar-refractivity contribution in [3.63, 3.8) is 0 Å². The molecule has 5 nitrogen and oxygen atoms in total. The van der Waals surface area contributed by atoms with E-state index in [0.29, 0.717) is 23.9 Å². The van der Waals surface area contributed by atoms with Crippen molar-refractivity contribution in [1.82, 2.24) is 4.31 Å². The van der Waals surface area contributed by atoms with E-state index in [9.17, 15) is 13.2 Å². The summed E-state index contributed by atoms with van der Waals surface area (Å²) in [6.45, 7) is 0.301. The lowest BCUT2D eigenvalue weighted by atomic mass is 10.0. The average molecular weight is 383 g/mol. The molecule has 1 heterocycles. The Bertz CT molecular complexity index is 634. The van der Waals surface area contributed by atoms with Crippen LogP contribution in [-0.4, -0.2) is 36.9 Å². The van der Waals surface area contributed by atoms with E-state index < -0.39 is 21.9 Å². The Balaban J connectivity index is 2.35. The maximum Gasteiger partial charge on any atom is 0.307 e. The van der Waals surface area contributed by atoms with Gasteiger partial charge < -0.3 is 5.11 Å². The molecular weight excluding hydrogens is 370 g/mol. The monoisotopic (exact) mass is 381 g/mol. The second kappa shape index (κ2) is 6.01. The van der Waals surface area contributed by atoms with Crippen LogP contribution in [0.5, 0.6) is 0 Å². The molecule has 1 aliphatic rings. The highest BCUT2D eigenvalue weighted by Gasteiger charge is 2.34. The highest BCUT2D eigenvalue weighted by molar-refractivity contribution is 9.10. The fourth-order valence-corrected chi connectivity index (χ4v) is 4.71. The zero-order valence-electron chi connectivity index (χ0n) is 10.4. The number of nitrogens with zero attached hydrogens (tertiary/aromatic N) is 1. The standard InChI is InChI=1S/C12H13BrClNO4S/c13-9-4-1-5-10(11(9)14)20(18,19)15-6-2-3-8(7-15)12(16)17/h1,4-5,8H,2-3,6-7H2,(H,16,17). The van der Waals surface area contributed by atoms with Crippen molar-refractivity contribution in [2.45, 2.75) is 17.7 Å². The van der Waals surface area contributed by atoms with E-state index in [1.165, 1.54) is 10.4 Å². The molecule has 1 saturated heterocycles. The molecular formula is C12H13BrClNO4S. The van der Waals surface area contributed by atoms with Crippen LogP contribution in [0.4, 0.5) is 0 Å². The number of halogens is 2. The molecule has 1 fully saturated rings. The van der Waals surface area contributed by atoms with Gasteiger partial charge in [0.05, 0.1) is 10.9 Å². The molecule has 0 spiro atoms. The summed E-state index contributed by atoms with van der Waals surface area (Å²) in [6.07, 6.45) is 1.02. The topological polar surface area (TPSA) is 74.7 Å².